The molecule has 1 aromatic heterocycles. The third kappa shape index (κ3) is 5.64. The molecule has 1 saturated heterocycles. The monoisotopic (exact) mass is 446 g/mol. The minimum atomic E-state index is -0.934. The van der Waals surface area contributed by atoms with Gasteiger partial charge in [-0.2, -0.15) is 5.10 Å². The van der Waals surface area contributed by atoms with E-state index in [1.54, 1.807) is 53.0 Å². The van der Waals surface area contributed by atoms with E-state index in [0.717, 1.165) is 0 Å². The molecule has 1 aliphatic heterocycles. The third-order valence-electron chi connectivity index (χ3n) is 5.28. The van der Waals surface area contributed by atoms with Gasteiger partial charge in [-0.15, -0.1) is 0 Å². The number of ether oxygens (including phenoxy) is 1. The van der Waals surface area contributed by atoms with Crippen molar-refractivity contribution in [1.82, 2.24) is 14.7 Å². The molecular weight excluding hydrogens is 420 g/mol. The van der Waals surface area contributed by atoms with E-state index in [9.17, 15) is 14.4 Å². The summed E-state index contributed by atoms with van der Waals surface area (Å²) in [4.78, 5) is 39.3. The maximum atomic E-state index is 12.6. The average Bonchev–Trinajstić information content (AvgIpc) is 3.22. The number of hydrogen-bond donors (Lipinski definition) is 1. The summed E-state index contributed by atoms with van der Waals surface area (Å²) in [7, 11) is 0. The first kappa shape index (κ1) is 22.8. The van der Waals surface area contributed by atoms with Gasteiger partial charge in [-0.25, -0.2) is 4.68 Å². The number of halogens is 1. The number of rotatable bonds is 6. The number of benzene rings is 1. The molecule has 166 valence electrons. The van der Waals surface area contributed by atoms with Crippen LogP contribution < -0.4 is 5.32 Å². The van der Waals surface area contributed by atoms with Crippen LogP contribution in [-0.2, 0) is 14.3 Å². The van der Waals surface area contributed by atoms with Crippen molar-refractivity contribution in [1.29, 1.82) is 0 Å². The molecule has 31 heavy (non-hydrogen) atoms. The fourth-order valence-electron chi connectivity index (χ4n) is 3.47. The lowest BCUT2D eigenvalue weighted by atomic mass is 9.96. The van der Waals surface area contributed by atoms with E-state index in [4.69, 9.17) is 16.3 Å². The van der Waals surface area contributed by atoms with Gasteiger partial charge in [0.25, 0.3) is 11.8 Å². The Morgan fingerprint density at radius 3 is 2.35 bits per heavy atom. The molecule has 1 aromatic carbocycles. The highest BCUT2D eigenvalue weighted by Crippen LogP contribution is 2.22. The summed E-state index contributed by atoms with van der Waals surface area (Å²) >= 11 is 5.87. The predicted molar refractivity (Wildman–Crippen MR) is 117 cm³/mol. The summed E-state index contributed by atoms with van der Waals surface area (Å²) in [6.07, 6.45) is 1.65. The Morgan fingerprint density at radius 2 is 1.74 bits per heavy atom. The van der Waals surface area contributed by atoms with Crippen LogP contribution in [0.15, 0.2) is 36.5 Å². The minimum absolute atomic E-state index is 0.0852. The van der Waals surface area contributed by atoms with Gasteiger partial charge in [0.05, 0.1) is 12.1 Å². The van der Waals surface area contributed by atoms with Crippen molar-refractivity contribution in [2.45, 2.75) is 45.8 Å². The molecule has 0 spiro atoms. The fourth-order valence-corrected chi connectivity index (χ4v) is 3.60. The van der Waals surface area contributed by atoms with Crippen molar-refractivity contribution < 1.29 is 19.1 Å². The zero-order chi connectivity index (χ0) is 22.5. The van der Waals surface area contributed by atoms with Gasteiger partial charge in [-0.1, -0.05) is 11.6 Å². The van der Waals surface area contributed by atoms with Gasteiger partial charge in [0.1, 0.15) is 5.82 Å². The second kappa shape index (κ2) is 9.96. The number of carbonyl (C=O) groups excluding carboxylic acids is 3. The molecule has 1 N–H and O–H groups in total. The van der Waals surface area contributed by atoms with Crippen molar-refractivity contribution in [2.24, 2.45) is 5.92 Å². The molecule has 0 bridgehead atoms. The Hall–Kier alpha value is -2.87. The SMILES string of the molecule is CC(C)n1nccc1NC(=O)[C@@H](C)OC(=O)C1CCN(C(=O)c2ccc(Cl)cc2)CC1. The van der Waals surface area contributed by atoms with E-state index in [1.807, 2.05) is 13.8 Å². The lowest BCUT2D eigenvalue weighted by molar-refractivity contribution is -0.158. The van der Waals surface area contributed by atoms with E-state index < -0.39 is 18.0 Å². The lowest BCUT2D eigenvalue weighted by Crippen LogP contribution is -2.41. The van der Waals surface area contributed by atoms with Crippen molar-refractivity contribution in [3.05, 3.63) is 47.1 Å². The van der Waals surface area contributed by atoms with Gasteiger partial charge in [0, 0.05) is 35.8 Å². The van der Waals surface area contributed by atoms with Gasteiger partial charge >= 0.3 is 5.97 Å². The van der Waals surface area contributed by atoms with Crippen molar-refractivity contribution in [3.63, 3.8) is 0 Å². The molecule has 1 aliphatic rings. The van der Waals surface area contributed by atoms with Crippen LogP contribution in [0.5, 0.6) is 0 Å². The Kier molecular flexibility index (Phi) is 7.33. The number of nitrogens with one attached hydrogen (secondary N) is 1. The van der Waals surface area contributed by atoms with Crippen molar-refractivity contribution >= 4 is 35.2 Å². The van der Waals surface area contributed by atoms with E-state index in [1.165, 1.54) is 0 Å². The largest absolute Gasteiger partial charge is 0.452 e. The summed E-state index contributed by atoms with van der Waals surface area (Å²) in [5, 5.41) is 7.49. The zero-order valence-corrected chi connectivity index (χ0v) is 18.6. The van der Waals surface area contributed by atoms with Crippen LogP contribution in [0.2, 0.25) is 5.02 Å². The third-order valence-corrected chi connectivity index (χ3v) is 5.53. The van der Waals surface area contributed by atoms with Crippen LogP contribution in [0, 0.1) is 5.92 Å². The van der Waals surface area contributed by atoms with Crippen LogP contribution in [0.25, 0.3) is 0 Å². The number of piperidine rings is 1. The quantitative estimate of drug-likeness (QED) is 0.685. The zero-order valence-electron chi connectivity index (χ0n) is 17.9. The van der Waals surface area contributed by atoms with Gasteiger partial charge in [-0.3, -0.25) is 14.4 Å². The second-order valence-corrected chi connectivity index (χ2v) is 8.33. The first-order chi connectivity index (χ1) is 14.8. The summed E-state index contributed by atoms with van der Waals surface area (Å²) in [6.45, 7) is 6.36. The number of esters is 1. The van der Waals surface area contributed by atoms with E-state index in [0.29, 0.717) is 42.3 Å². The minimum Gasteiger partial charge on any atom is -0.452 e. The molecule has 0 aliphatic carbocycles. The highest BCUT2D eigenvalue weighted by Gasteiger charge is 2.31. The molecule has 0 saturated carbocycles. The highest BCUT2D eigenvalue weighted by atomic mass is 35.5. The maximum Gasteiger partial charge on any atom is 0.309 e. The highest BCUT2D eigenvalue weighted by molar-refractivity contribution is 6.30. The number of carbonyl (C=O) groups is 3. The molecule has 0 radical (unpaired) electrons. The number of hydrogen-bond acceptors (Lipinski definition) is 5. The van der Waals surface area contributed by atoms with Crippen LogP contribution in [0.3, 0.4) is 0 Å². The molecule has 2 heterocycles. The first-order valence-corrected chi connectivity index (χ1v) is 10.7. The van der Waals surface area contributed by atoms with Crippen molar-refractivity contribution in [3.8, 4) is 0 Å². The number of anilines is 1. The van der Waals surface area contributed by atoms with Gasteiger partial charge in [0.15, 0.2) is 6.10 Å². The molecule has 8 nitrogen and oxygen atoms in total. The van der Waals surface area contributed by atoms with Gasteiger partial charge in [-0.05, 0) is 57.9 Å². The molecule has 0 unspecified atom stereocenters. The van der Waals surface area contributed by atoms with E-state index in [2.05, 4.69) is 10.4 Å². The molecule has 3 rings (SSSR count). The van der Waals surface area contributed by atoms with Crippen LogP contribution in [0.4, 0.5) is 5.82 Å². The number of amides is 2. The Bertz CT molecular complexity index is 933. The number of likely N-dealkylation sites (tertiary alicyclic amines) is 1. The van der Waals surface area contributed by atoms with Crippen LogP contribution >= 0.6 is 11.6 Å². The Morgan fingerprint density at radius 1 is 1.10 bits per heavy atom. The van der Waals surface area contributed by atoms with Crippen LogP contribution in [0.1, 0.15) is 50.0 Å². The van der Waals surface area contributed by atoms with Gasteiger partial charge in [0.2, 0.25) is 0 Å². The molecule has 2 aromatic rings. The molecule has 1 fully saturated rings. The summed E-state index contributed by atoms with van der Waals surface area (Å²) in [6, 6.07) is 8.52. The Balaban J connectivity index is 1.49. The van der Waals surface area contributed by atoms with Crippen molar-refractivity contribution in [2.75, 3.05) is 18.4 Å². The molecule has 9 heteroatoms. The lowest BCUT2D eigenvalue weighted by Gasteiger charge is -2.31. The topological polar surface area (TPSA) is 93.5 Å². The second-order valence-electron chi connectivity index (χ2n) is 7.90. The van der Waals surface area contributed by atoms with Gasteiger partial charge < -0.3 is 15.0 Å². The number of nitrogens with zero attached hydrogens (tertiary/aromatic N) is 3. The summed E-state index contributed by atoms with van der Waals surface area (Å²) in [5.41, 5.74) is 0.566. The summed E-state index contributed by atoms with van der Waals surface area (Å²) < 4.78 is 7.08. The smallest absolute Gasteiger partial charge is 0.309 e. The average molecular weight is 447 g/mol. The summed E-state index contributed by atoms with van der Waals surface area (Å²) in [5.74, 6) is -0.703. The maximum absolute atomic E-state index is 12.6. The molecule has 2 amide bonds. The normalized spacial score (nSPS) is 15.6. The number of aromatic nitrogens is 2. The first-order valence-electron chi connectivity index (χ1n) is 10.4. The van der Waals surface area contributed by atoms with E-state index in [-0.39, 0.29) is 17.9 Å². The van der Waals surface area contributed by atoms with Crippen LogP contribution in [-0.4, -0.2) is 51.7 Å². The standard InChI is InChI=1S/C22H27ClN4O4/c1-14(2)27-19(8-11-24-27)25-20(28)15(3)31-22(30)17-9-12-26(13-10-17)21(29)16-4-6-18(23)7-5-16/h4-8,11,14-15,17H,9-10,12-13H2,1-3H3,(H,25,28)/t15-/m1/s1. The Labute approximate surface area is 186 Å². The molecular formula is C22H27ClN4O4. The molecule has 1 atom stereocenters. The van der Waals surface area contributed by atoms with E-state index >= 15 is 0 Å². The fraction of sp³-hybridized carbons (Fsp3) is 0.455. The predicted octanol–water partition coefficient (Wildman–Crippen LogP) is 3.54.